The van der Waals surface area contributed by atoms with Crippen LogP contribution in [0.5, 0.6) is 0 Å². The average Bonchev–Trinajstić information content (AvgIpc) is 2.45. The SMILES string of the molecule is Cc1ccc(S(N)(=O)=O)cc1C(=O)OCC1CCCCC1. The molecule has 6 heteroatoms. The van der Waals surface area contributed by atoms with Gasteiger partial charge in [0.15, 0.2) is 0 Å². The van der Waals surface area contributed by atoms with Crippen molar-refractivity contribution in [3.63, 3.8) is 0 Å². The van der Waals surface area contributed by atoms with E-state index in [2.05, 4.69) is 0 Å². The van der Waals surface area contributed by atoms with Crippen molar-refractivity contribution in [2.45, 2.75) is 43.9 Å². The van der Waals surface area contributed by atoms with Crippen LogP contribution in [0.25, 0.3) is 0 Å². The van der Waals surface area contributed by atoms with E-state index in [1.807, 2.05) is 0 Å². The van der Waals surface area contributed by atoms with Crippen molar-refractivity contribution >= 4 is 16.0 Å². The molecule has 0 bridgehead atoms. The molecule has 0 amide bonds. The molecule has 21 heavy (non-hydrogen) atoms. The molecule has 1 aliphatic rings. The summed E-state index contributed by atoms with van der Waals surface area (Å²) in [6, 6.07) is 4.24. The quantitative estimate of drug-likeness (QED) is 0.865. The zero-order valence-electron chi connectivity index (χ0n) is 12.2. The van der Waals surface area contributed by atoms with Crippen LogP contribution in [0.3, 0.4) is 0 Å². The fourth-order valence-corrected chi connectivity index (χ4v) is 3.16. The number of benzene rings is 1. The molecule has 1 aliphatic carbocycles. The van der Waals surface area contributed by atoms with Gasteiger partial charge < -0.3 is 4.74 Å². The van der Waals surface area contributed by atoms with Crippen LogP contribution in [0.4, 0.5) is 0 Å². The van der Waals surface area contributed by atoms with Crippen LogP contribution in [-0.2, 0) is 14.8 Å². The Bertz CT molecular complexity index is 619. The van der Waals surface area contributed by atoms with E-state index < -0.39 is 16.0 Å². The van der Waals surface area contributed by atoms with Crippen molar-refractivity contribution in [3.05, 3.63) is 29.3 Å². The molecule has 5 nitrogen and oxygen atoms in total. The van der Waals surface area contributed by atoms with Crippen molar-refractivity contribution in [2.75, 3.05) is 6.61 Å². The first-order valence-corrected chi connectivity index (χ1v) is 8.73. The fourth-order valence-electron chi connectivity index (χ4n) is 2.62. The third kappa shape index (κ3) is 4.28. The summed E-state index contributed by atoms with van der Waals surface area (Å²) in [5.41, 5.74) is 0.938. The lowest BCUT2D eigenvalue weighted by atomic mass is 9.90. The van der Waals surface area contributed by atoms with Crippen molar-refractivity contribution in [3.8, 4) is 0 Å². The molecule has 1 saturated carbocycles. The summed E-state index contributed by atoms with van der Waals surface area (Å²) in [6.45, 7) is 2.14. The summed E-state index contributed by atoms with van der Waals surface area (Å²) in [5.74, 6) is -0.0620. The maximum atomic E-state index is 12.1. The molecule has 1 aromatic rings. The molecule has 0 unspecified atom stereocenters. The summed E-state index contributed by atoms with van der Waals surface area (Å²) in [7, 11) is -3.82. The van der Waals surface area contributed by atoms with E-state index in [0.29, 0.717) is 18.1 Å². The van der Waals surface area contributed by atoms with Gasteiger partial charge in [0, 0.05) is 0 Å². The van der Waals surface area contributed by atoms with E-state index in [1.54, 1.807) is 13.0 Å². The minimum Gasteiger partial charge on any atom is -0.462 e. The third-order valence-corrected chi connectivity index (χ3v) is 4.84. The molecule has 1 fully saturated rings. The lowest BCUT2D eigenvalue weighted by Gasteiger charge is -2.21. The van der Waals surface area contributed by atoms with E-state index in [0.717, 1.165) is 12.8 Å². The highest BCUT2D eigenvalue weighted by Crippen LogP contribution is 2.24. The van der Waals surface area contributed by atoms with Gasteiger partial charge in [0.25, 0.3) is 0 Å². The van der Waals surface area contributed by atoms with Gasteiger partial charge in [-0.25, -0.2) is 18.4 Å². The molecule has 2 N–H and O–H groups in total. The molecule has 0 heterocycles. The van der Waals surface area contributed by atoms with E-state index in [1.165, 1.54) is 31.4 Å². The van der Waals surface area contributed by atoms with Gasteiger partial charge in [-0.05, 0) is 43.4 Å². The van der Waals surface area contributed by atoms with Crippen LogP contribution < -0.4 is 5.14 Å². The lowest BCUT2D eigenvalue weighted by molar-refractivity contribution is 0.0409. The monoisotopic (exact) mass is 311 g/mol. The first-order chi connectivity index (χ1) is 9.88. The number of esters is 1. The Balaban J connectivity index is 2.07. The maximum Gasteiger partial charge on any atom is 0.338 e. The summed E-state index contributed by atoms with van der Waals surface area (Å²) < 4.78 is 28.0. The van der Waals surface area contributed by atoms with Crippen LogP contribution in [0.15, 0.2) is 23.1 Å². The van der Waals surface area contributed by atoms with Crippen LogP contribution in [0.2, 0.25) is 0 Å². The van der Waals surface area contributed by atoms with E-state index in [-0.39, 0.29) is 10.5 Å². The Morgan fingerprint density at radius 2 is 1.95 bits per heavy atom. The van der Waals surface area contributed by atoms with Gasteiger partial charge in [-0.15, -0.1) is 0 Å². The third-order valence-electron chi connectivity index (χ3n) is 3.93. The van der Waals surface area contributed by atoms with Crippen LogP contribution in [-0.4, -0.2) is 21.0 Å². The number of nitrogens with two attached hydrogens (primary N) is 1. The Labute approximate surface area is 125 Å². The molecule has 1 aromatic carbocycles. The molecular weight excluding hydrogens is 290 g/mol. The molecule has 116 valence electrons. The lowest BCUT2D eigenvalue weighted by Crippen LogP contribution is -2.18. The van der Waals surface area contributed by atoms with Gasteiger partial charge in [-0.1, -0.05) is 25.3 Å². The minimum absolute atomic E-state index is 0.0716. The smallest absolute Gasteiger partial charge is 0.338 e. The molecule has 0 radical (unpaired) electrons. The standard InChI is InChI=1S/C15H21NO4S/c1-11-7-8-13(21(16,18)19)9-14(11)15(17)20-10-12-5-3-2-4-6-12/h7-9,12H,2-6,10H2,1H3,(H2,16,18,19). The summed E-state index contributed by atoms with van der Waals surface area (Å²) in [6.07, 6.45) is 5.79. The van der Waals surface area contributed by atoms with Crippen molar-refractivity contribution in [1.82, 2.24) is 0 Å². The number of ether oxygens (including phenoxy) is 1. The summed E-state index contributed by atoms with van der Waals surface area (Å²) in [5, 5.41) is 5.09. The molecule has 0 aliphatic heterocycles. The fraction of sp³-hybridized carbons (Fsp3) is 0.533. The zero-order chi connectivity index (χ0) is 15.5. The van der Waals surface area contributed by atoms with Gasteiger partial charge >= 0.3 is 5.97 Å². The number of rotatable bonds is 4. The number of aryl methyl sites for hydroxylation is 1. The van der Waals surface area contributed by atoms with E-state index in [4.69, 9.17) is 9.88 Å². The average molecular weight is 311 g/mol. The second-order valence-corrected chi connectivity index (χ2v) is 7.19. The topological polar surface area (TPSA) is 86.5 Å². The van der Waals surface area contributed by atoms with Gasteiger partial charge in [-0.2, -0.15) is 0 Å². The largest absolute Gasteiger partial charge is 0.462 e. The van der Waals surface area contributed by atoms with E-state index in [9.17, 15) is 13.2 Å². The first-order valence-electron chi connectivity index (χ1n) is 7.18. The Morgan fingerprint density at radius 3 is 2.57 bits per heavy atom. The number of hydrogen-bond acceptors (Lipinski definition) is 4. The number of primary sulfonamides is 1. The number of carbonyl (C=O) groups excluding carboxylic acids is 1. The second-order valence-electron chi connectivity index (χ2n) is 5.62. The number of sulfonamides is 1. The minimum atomic E-state index is -3.82. The van der Waals surface area contributed by atoms with Gasteiger partial charge in [0.1, 0.15) is 0 Å². The van der Waals surface area contributed by atoms with Crippen LogP contribution in [0.1, 0.15) is 48.0 Å². The molecule has 2 rings (SSSR count). The zero-order valence-corrected chi connectivity index (χ0v) is 13.0. The predicted molar refractivity (Wildman–Crippen MR) is 79.4 cm³/mol. The highest BCUT2D eigenvalue weighted by Gasteiger charge is 2.19. The highest BCUT2D eigenvalue weighted by molar-refractivity contribution is 7.89. The summed E-state index contributed by atoms with van der Waals surface area (Å²) >= 11 is 0. The second kappa shape index (κ2) is 6.58. The predicted octanol–water partition coefficient (Wildman–Crippen LogP) is 2.38. The molecule has 0 atom stereocenters. The van der Waals surface area contributed by atoms with Crippen molar-refractivity contribution in [1.29, 1.82) is 0 Å². The van der Waals surface area contributed by atoms with E-state index >= 15 is 0 Å². The van der Waals surface area contributed by atoms with Crippen LogP contribution in [0, 0.1) is 12.8 Å². The highest BCUT2D eigenvalue weighted by atomic mass is 32.2. The molecular formula is C15H21NO4S. The van der Waals surface area contributed by atoms with Crippen molar-refractivity contribution < 1.29 is 17.9 Å². The Morgan fingerprint density at radius 1 is 1.29 bits per heavy atom. The molecule has 0 aromatic heterocycles. The first kappa shape index (κ1) is 16.0. The maximum absolute atomic E-state index is 12.1. The van der Waals surface area contributed by atoms with Gasteiger partial charge in [0.2, 0.25) is 10.0 Å². The molecule has 0 saturated heterocycles. The van der Waals surface area contributed by atoms with Gasteiger partial charge in [-0.3, -0.25) is 0 Å². The number of carbonyl (C=O) groups is 1. The molecule has 0 spiro atoms. The van der Waals surface area contributed by atoms with Crippen molar-refractivity contribution in [2.24, 2.45) is 11.1 Å². The van der Waals surface area contributed by atoms with Gasteiger partial charge in [0.05, 0.1) is 17.1 Å². The number of hydrogen-bond donors (Lipinski definition) is 1. The normalized spacial score (nSPS) is 16.7. The Hall–Kier alpha value is -1.40. The summed E-state index contributed by atoms with van der Waals surface area (Å²) in [4.78, 5) is 12.1. The Kier molecular flexibility index (Phi) is 5.00. The van der Waals surface area contributed by atoms with Crippen LogP contribution >= 0.6 is 0 Å².